The Labute approximate surface area is 191 Å². The lowest BCUT2D eigenvalue weighted by atomic mass is 9.92. The summed E-state index contributed by atoms with van der Waals surface area (Å²) >= 11 is 6.44. The Morgan fingerprint density at radius 2 is 1.94 bits per heavy atom. The summed E-state index contributed by atoms with van der Waals surface area (Å²) in [6, 6.07) is 14.3. The molecule has 0 unspecified atom stereocenters. The van der Waals surface area contributed by atoms with Crippen molar-refractivity contribution in [2.24, 2.45) is 5.73 Å². The Kier molecular flexibility index (Phi) is 6.84. The molecule has 0 atom stereocenters. The third kappa shape index (κ3) is 5.52. The van der Waals surface area contributed by atoms with Crippen molar-refractivity contribution in [1.82, 2.24) is 9.97 Å². The van der Waals surface area contributed by atoms with E-state index in [9.17, 15) is 9.65 Å². The lowest BCUT2D eigenvalue weighted by Crippen LogP contribution is -2.33. The molecule has 6 nitrogen and oxygen atoms in total. The summed E-state index contributed by atoms with van der Waals surface area (Å²) in [5, 5.41) is 16.6. The van der Waals surface area contributed by atoms with Gasteiger partial charge >= 0.3 is 0 Å². The maximum Gasteiger partial charge on any atom is 0.128 e. The van der Waals surface area contributed by atoms with Crippen LogP contribution in [0.4, 0.5) is 16.0 Å². The topological polar surface area (TPSA) is 99.7 Å². The van der Waals surface area contributed by atoms with E-state index in [4.69, 9.17) is 17.3 Å². The first kappa shape index (κ1) is 22.0. The summed E-state index contributed by atoms with van der Waals surface area (Å²) in [7, 11) is 0. The maximum absolute atomic E-state index is 13.4. The molecule has 0 saturated heterocycles. The molecule has 1 aromatic carbocycles. The Hall–Kier alpha value is -3.21. The van der Waals surface area contributed by atoms with E-state index in [0.29, 0.717) is 46.1 Å². The van der Waals surface area contributed by atoms with Crippen molar-refractivity contribution in [2.75, 3.05) is 10.6 Å². The average Bonchev–Trinajstić information content (AvgIpc) is 2.80. The van der Waals surface area contributed by atoms with Crippen LogP contribution in [-0.2, 0) is 6.54 Å². The third-order valence-corrected chi connectivity index (χ3v) is 5.87. The number of hydrogen-bond acceptors (Lipinski definition) is 6. The molecule has 0 spiro atoms. The van der Waals surface area contributed by atoms with E-state index in [1.165, 1.54) is 12.1 Å². The molecular formula is C24H24ClFN6. The summed E-state index contributed by atoms with van der Waals surface area (Å²) < 4.78 is 13.4. The second-order valence-corrected chi connectivity index (χ2v) is 8.43. The quantitative estimate of drug-likeness (QED) is 0.483. The van der Waals surface area contributed by atoms with Gasteiger partial charge in [-0.1, -0.05) is 23.7 Å². The average molecular weight is 451 g/mol. The van der Waals surface area contributed by atoms with Gasteiger partial charge in [0.05, 0.1) is 22.3 Å². The van der Waals surface area contributed by atoms with Gasteiger partial charge in [-0.3, -0.25) is 0 Å². The second kappa shape index (κ2) is 9.94. The molecule has 0 radical (unpaired) electrons. The molecule has 164 valence electrons. The highest BCUT2D eigenvalue weighted by Crippen LogP contribution is 2.31. The standard InChI is InChI=1S/C24H24ClFN6/c25-21-14-30-24(31-19-6-4-18(28)5-7-19)11-20(21)22-9-16(12-27)10-23(32-22)29-13-15-2-1-3-17(26)8-15/h1-3,8-11,14,18-19H,4-7,13,28H2,(H,29,32)(H,30,31). The minimum atomic E-state index is -0.299. The van der Waals surface area contributed by atoms with E-state index in [-0.39, 0.29) is 11.9 Å². The number of anilines is 2. The summed E-state index contributed by atoms with van der Waals surface area (Å²) in [5.74, 6) is 0.919. The third-order valence-electron chi connectivity index (χ3n) is 5.57. The van der Waals surface area contributed by atoms with E-state index in [1.54, 1.807) is 24.4 Å². The van der Waals surface area contributed by atoms with Gasteiger partial charge < -0.3 is 16.4 Å². The van der Waals surface area contributed by atoms with Crippen LogP contribution in [0.3, 0.4) is 0 Å². The number of nitrogens with zero attached hydrogens (tertiary/aromatic N) is 3. The number of rotatable bonds is 6. The predicted molar refractivity (Wildman–Crippen MR) is 125 cm³/mol. The second-order valence-electron chi connectivity index (χ2n) is 8.03. The molecule has 0 bridgehead atoms. The molecular weight excluding hydrogens is 427 g/mol. The number of nitriles is 1. The zero-order valence-electron chi connectivity index (χ0n) is 17.5. The van der Waals surface area contributed by atoms with Gasteiger partial charge in [0.25, 0.3) is 0 Å². The van der Waals surface area contributed by atoms with Crippen molar-refractivity contribution in [1.29, 1.82) is 5.26 Å². The molecule has 8 heteroatoms. The zero-order chi connectivity index (χ0) is 22.5. The van der Waals surface area contributed by atoms with Gasteiger partial charge in [-0.05, 0) is 61.6 Å². The van der Waals surface area contributed by atoms with Crippen molar-refractivity contribution in [2.45, 2.75) is 44.3 Å². The molecule has 32 heavy (non-hydrogen) atoms. The largest absolute Gasteiger partial charge is 0.367 e. The monoisotopic (exact) mass is 450 g/mol. The first-order valence-electron chi connectivity index (χ1n) is 10.6. The van der Waals surface area contributed by atoms with Gasteiger partial charge in [-0.2, -0.15) is 5.26 Å². The van der Waals surface area contributed by atoms with Crippen LogP contribution in [-0.4, -0.2) is 22.1 Å². The number of nitrogens with two attached hydrogens (primary N) is 1. The molecule has 2 heterocycles. The molecule has 1 aliphatic rings. The maximum atomic E-state index is 13.4. The number of hydrogen-bond donors (Lipinski definition) is 3. The molecule has 1 aliphatic carbocycles. The van der Waals surface area contributed by atoms with E-state index >= 15 is 0 Å². The lowest BCUT2D eigenvalue weighted by Gasteiger charge is -2.27. The van der Waals surface area contributed by atoms with Crippen molar-refractivity contribution in [3.8, 4) is 17.3 Å². The van der Waals surface area contributed by atoms with Gasteiger partial charge in [0.2, 0.25) is 0 Å². The highest BCUT2D eigenvalue weighted by Gasteiger charge is 2.19. The minimum absolute atomic E-state index is 0.276. The predicted octanol–water partition coefficient (Wildman–Crippen LogP) is 5.10. The number of aromatic nitrogens is 2. The smallest absolute Gasteiger partial charge is 0.128 e. The van der Waals surface area contributed by atoms with E-state index in [1.807, 2.05) is 12.1 Å². The number of halogens is 2. The van der Waals surface area contributed by atoms with Crippen LogP contribution in [0, 0.1) is 17.1 Å². The highest BCUT2D eigenvalue weighted by atomic mass is 35.5. The summed E-state index contributed by atoms with van der Waals surface area (Å²) in [4.78, 5) is 9.04. The normalized spacial score (nSPS) is 18.1. The van der Waals surface area contributed by atoms with Crippen LogP contribution in [0.15, 0.2) is 48.7 Å². The minimum Gasteiger partial charge on any atom is -0.367 e. The molecule has 0 amide bonds. The Morgan fingerprint density at radius 1 is 1.12 bits per heavy atom. The van der Waals surface area contributed by atoms with Crippen molar-refractivity contribution < 1.29 is 4.39 Å². The summed E-state index contributed by atoms with van der Waals surface area (Å²) in [6.45, 7) is 0.375. The number of pyridine rings is 2. The molecule has 0 aliphatic heterocycles. The fraction of sp³-hybridized carbons (Fsp3) is 0.292. The highest BCUT2D eigenvalue weighted by molar-refractivity contribution is 6.33. The van der Waals surface area contributed by atoms with Gasteiger partial charge in [-0.15, -0.1) is 0 Å². The van der Waals surface area contributed by atoms with Crippen LogP contribution in [0.25, 0.3) is 11.3 Å². The fourth-order valence-corrected chi connectivity index (χ4v) is 4.05. The summed E-state index contributed by atoms with van der Waals surface area (Å²) in [5.41, 5.74) is 8.47. The van der Waals surface area contributed by atoms with Crippen molar-refractivity contribution >= 4 is 23.2 Å². The SMILES string of the molecule is N#Cc1cc(NCc2cccc(F)c2)nc(-c2cc(NC3CCC(N)CC3)ncc2Cl)c1. The van der Waals surface area contributed by atoms with Crippen LogP contribution >= 0.6 is 11.6 Å². The Morgan fingerprint density at radius 3 is 2.69 bits per heavy atom. The van der Waals surface area contributed by atoms with Gasteiger partial charge in [-0.25, -0.2) is 14.4 Å². The molecule has 4 N–H and O–H groups in total. The molecule has 1 saturated carbocycles. The zero-order valence-corrected chi connectivity index (χ0v) is 18.2. The van der Waals surface area contributed by atoms with Gasteiger partial charge in [0.15, 0.2) is 0 Å². The molecule has 4 rings (SSSR count). The Bertz CT molecular complexity index is 1140. The molecule has 3 aromatic rings. The number of benzene rings is 1. The van der Waals surface area contributed by atoms with Crippen LogP contribution in [0.1, 0.15) is 36.8 Å². The van der Waals surface area contributed by atoms with Gasteiger partial charge in [0, 0.05) is 30.4 Å². The fourth-order valence-electron chi connectivity index (χ4n) is 3.85. The van der Waals surface area contributed by atoms with Crippen molar-refractivity contribution in [3.63, 3.8) is 0 Å². The van der Waals surface area contributed by atoms with E-state index < -0.39 is 0 Å². The van der Waals surface area contributed by atoms with Crippen LogP contribution in [0.2, 0.25) is 5.02 Å². The summed E-state index contributed by atoms with van der Waals surface area (Å²) in [6.07, 6.45) is 5.57. The molecule has 2 aromatic heterocycles. The molecule has 1 fully saturated rings. The first-order chi connectivity index (χ1) is 15.5. The Balaban J connectivity index is 1.56. The van der Waals surface area contributed by atoms with Crippen LogP contribution in [0.5, 0.6) is 0 Å². The van der Waals surface area contributed by atoms with Gasteiger partial charge in [0.1, 0.15) is 17.5 Å². The van der Waals surface area contributed by atoms with Crippen molar-refractivity contribution in [3.05, 3.63) is 70.6 Å². The van der Waals surface area contributed by atoms with Crippen LogP contribution < -0.4 is 16.4 Å². The lowest BCUT2D eigenvalue weighted by molar-refractivity contribution is 0.410. The first-order valence-corrected chi connectivity index (χ1v) is 11.0. The number of nitrogens with one attached hydrogen (secondary N) is 2. The van der Waals surface area contributed by atoms with E-state index in [2.05, 4.69) is 26.7 Å². The van der Waals surface area contributed by atoms with E-state index in [0.717, 1.165) is 31.2 Å².